The van der Waals surface area contributed by atoms with E-state index in [1.54, 1.807) is 6.92 Å². The number of rotatable bonds is 4. The molecule has 106 valence electrons. The molecule has 0 aliphatic rings. The summed E-state index contributed by atoms with van der Waals surface area (Å²) in [5.41, 5.74) is 3.16. The van der Waals surface area contributed by atoms with Crippen LogP contribution in [0.1, 0.15) is 16.8 Å². The smallest absolute Gasteiger partial charge is 0.319 e. The van der Waals surface area contributed by atoms with Gasteiger partial charge in [-0.15, -0.1) is 0 Å². The number of anilines is 1. The standard InChI is InChI=1S/C14H16ClN3OS/c1-9-4-3-5-11(8-9)6-7-16-14(19)17-13-12(15)10(2)18-20-13/h3-5,8H,6-7H2,1-2H3,(H2,16,17,19). The number of aryl methyl sites for hydroxylation is 2. The van der Waals surface area contributed by atoms with Crippen molar-refractivity contribution in [3.8, 4) is 0 Å². The van der Waals surface area contributed by atoms with E-state index >= 15 is 0 Å². The highest BCUT2D eigenvalue weighted by Gasteiger charge is 2.10. The van der Waals surface area contributed by atoms with E-state index in [-0.39, 0.29) is 6.03 Å². The van der Waals surface area contributed by atoms with Gasteiger partial charge in [-0.1, -0.05) is 41.4 Å². The molecular weight excluding hydrogens is 294 g/mol. The number of nitrogens with one attached hydrogen (secondary N) is 2. The third-order valence-electron chi connectivity index (χ3n) is 2.80. The molecule has 2 N–H and O–H groups in total. The fraction of sp³-hybridized carbons (Fsp3) is 0.286. The van der Waals surface area contributed by atoms with Gasteiger partial charge in [0, 0.05) is 6.54 Å². The van der Waals surface area contributed by atoms with Crippen LogP contribution in [0.15, 0.2) is 24.3 Å². The van der Waals surface area contributed by atoms with Crippen molar-refractivity contribution in [1.29, 1.82) is 0 Å². The molecule has 0 saturated carbocycles. The van der Waals surface area contributed by atoms with Crippen molar-refractivity contribution in [3.05, 3.63) is 46.1 Å². The van der Waals surface area contributed by atoms with Crippen LogP contribution >= 0.6 is 23.1 Å². The lowest BCUT2D eigenvalue weighted by Gasteiger charge is -2.06. The summed E-state index contributed by atoms with van der Waals surface area (Å²) >= 11 is 7.19. The van der Waals surface area contributed by atoms with Crippen LogP contribution in [0, 0.1) is 13.8 Å². The van der Waals surface area contributed by atoms with Crippen molar-refractivity contribution in [2.24, 2.45) is 0 Å². The lowest BCUT2D eigenvalue weighted by Crippen LogP contribution is -2.30. The van der Waals surface area contributed by atoms with Gasteiger partial charge in [-0.05, 0) is 37.4 Å². The first-order chi connectivity index (χ1) is 9.56. The van der Waals surface area contributed by atoms with Crippen LogP contribution < -0.4 is 10.6 Å². The fourth-order valence-corrected chi connectivity index (χ4v) is 2.70. The van der Waals surface area contributed by atoms with Gasteiger partial charge in [0.1, 0.15) is 5.00 Å². The average Bonchev–Trinajstić information content (AvgIpc) is 2.71. The van der Waals surface area contributed by atoms with Crippen molar-refractivity contribution in [2.75, 3.05) is 11.9 Å². The third-order valence-corrected chi connectivity index (χ3v) is 4.23. The van der Waals surface area contributed by atoms with E-state index in [9.17, 15) is 4.79 Å². The molecule has 20 heavy (non-hydrogen) atoms. The summed E-state index contributed by atoms with van der Waals surface area (Å²) in [6.45, 7) is 4.43. The SMILES string of the molecule is Cc1cccc(CCNC(=O)Nc2snc(C)c2Cl)c1. The molecule has 0 bridgehead atoms. The van der Waals surface area contributed by atoms with Gasteiger partial charge in [0.2, 0.25) is 0 Å². The molecule has 0 saturated heterocycles. The Hall–Kier alpha value is -1.59. The van der Waals surface area contributed by atoms with Crippen molar-refractivity contribution < 1.29 is 4.79 Å². The topological polar surface area (TPSA) is 54.0 Å². The zero-order valence-corrected chi connectivity index (χ0v) is 12.9. The number of amides is 2. The van der Waals surface area contributed by atoms with Gasteiger partial charge in [-0.3, -0.25) is 5.32 Å². The third kappa shape index (κ3) is 3.95. The number of halogens is 1. The molecular formula is C14H16ClN3OS. The van der Waals surface area contributed by atoms with Gasteiger partial charge in [0.25, 0.3) is 0 Å². The van der Waals surface area contributed by atoms with Gasteiger partial charge in [0.05, 0.1) is 10.7 Å². The second-order valence-electron chi connectivity index (χ2n) is 4.53. The predicted molar refractivity (Wildman–Crippen MR) is 83.8 cm³/mol. The van der Waals surface area contributed by atoms with Crippen LogP contribution in [-0.4, -0.2) is 16.9 Å². The molecule has 0 radical (unpaired) electrons. The van der Waals surface area contributed by atoms with Gasteiger partial charge in [-0.25, -0.2) is 4.79 Å². The molecule has 2 amide bonds. The van der Waals surface area contributed by atoms with Crippen LogP contribution in [0.4, 0.5) is 9.80 Å². The highest BCUT2D eigenvalue weighted by atomic mass is 35.5. The van der Waals surface area contributed by atoms with E-state index in [0.717, 1.165) is 12.1 Å². The monoisotopic (exact) mass is 309 g/mol. The lowest BCUT2D eigenvalue weighted by atomic mass is 10.1. The first-order valence-corrected chi connectivity index (χ1v) is 7.43. The van der Waals surface area contributed by atoms with Crippen molar-refractivity contribution in [1.82, 2.24) is 9.69 Å². The normalized spacial score (nSPS) is 10.3. The average molecular weight is 310 g/mol. The van der Waals surface area contributed by atoms with Crippen LogP contribution in [0.25, 0.3) is 0 Å². The first kappa shape index (κ1) is 14.8. The summed E-state index contributed by atoms with van der Waals surface area (Å²) in [5, 5.41) is 6.59. The molecule has 0 spiro atoms. The predicted octanol–water partition coefficient (Wildman–Crippen LogP) is 3.78. The number of carbonyl (C=O) groups is 1. The van der Waals surface area contributed by atoms with Gasteiger partial charge >= 0.3 is 6.03 Å². The van der Waals surface area contributed by atoms with Crippen LogP contribution in [0.2, 0.25) is 5.02 Å². The highest BCUT2D eigenvalue weighted by Crippen LogP contribution is 2.29. The van der Waals surface area contributed by atoms with E-state index in [1.807, 2.05) is 6.07 Å². The number of hydrogen-bond acceptors (Lipinski definition) is 3. The zero-order chi connectivity index (χ0) is 14.5. The number of aromatic nitrogens is 1. The molecule has 0 atom stereocenters. The van der Waals surface area contributed by atoms with Crippen molar-refractivity contribution in [3.63, 3.8) is 0 Å². The van der Waals surface area contributed by atoms with Crippen molar-refractivity contribution in [2.45, 2.75) is 20.3 Å². The number of hydrogen-bond donors (Lipinski definition) is 2. The molecule has 0 fully saturated rings. The minimum Gasteiger partial charge on any atom is -0.338 e. The maximum atomic E-state index is 11.7. The Morgan fingerprint density at radius 2 is 2.20 bits per heavy atom. The summed E-state index contributed by atoms with van der Waals surface area (Å²) in [6, 6.07) is 7.98. The van der Waals surface area contributed by atoms with Gasteiger partial charge in [0.15, 0.2) is 0 Å². The van der Waals surface area contributed by atoms with E-state index in [0.29, 0.717) is 16.6 Å². The maximum Gasteiger partial charge on any atom is 0.319 e. The maximum absolute atomic E-state index is 11.7. The first-order valence-electron chi connectivity index (χ1n) is 6.28. The molecule has 6 heteroatoms. The number of benzene rings is 1. The summed E-state index contributed by atoms with van der Waals surface area (Å²) < 4.78 is 4.07. The van der Waals surface area contributed by atoms with Crippen LogP contribution in [0.5, 0.6) is 0 Å². The van der Waals surface area contributed by atoms with Gasteiger partial charge in [-0.2, -0.15) is 4.37 Å². The summed E-state index contributed by atoms with van der Waals surface area (Å²) in [6.07, 6.45) is 0.796. The zero-order valence-electron chi connectivity index (χ0n) is 11.4. The summed E-state index contributed by atoms with van der Waals surface area (Å²) in [7, 11) is 0. The Morgan fingerprint density at radius 1 is 1.40 bits per heavy atom. The minimum absolute atomic E-state index is 0.261. The summed E-state index contributed by atoms with van der Waals surface area (Å²) in [4.78, 5) is 11.7. The van der Waals surface area contributed by atoms with Crippen molar-refractivity contribution >= 4 is 34.2 Å². The number of urea groups is 1. The Labute approximate surface area is 127 Å². The minimum atomic E-state index is -0.261. The molecule has 0 aliphatic carbocycles. The molecule has 4 nitrogen and oxygen atoms in total. The Kier molecular flexibility index (Phi) is 4.98. The number of nitrogens with zero attached hydrogens (tertiary/aromatic N) is 1. The molecule has 2 aromatic rings. The van der Waals surface area contributed by atoms with Gasteiger partial charge < -0.3 is 5.32 Å². The fourth-order valence-electron chi connectivity index (χ4n) is 1.77. The molecule has 1 heterocycles. The second kappa shape index (κ2) is 6.72. The Morgan fingerprint density at radius 3 is 2.85 bits per heavy atom. The van der Waals surface area contributed by atoms with E-state index in [4.69, 9.17) is 11.6 Å². The van der Waals surface area contributed by atoms with Crippen LogP contribution in [-0.2, 0) is 6.42 Å². The molecule has 2 rings (SSSR count). The number of carbonyl (C=O) groups excluding carboxylic acids is 1. The summed E-state index contributed by atoms with van der Waals surface area (Å²) in [5.74, 6) is 0. The molecule has 1 aromatic heterocycles. The van der Waals surface area contributed by atoms with E-state index in [1.165, 1.54) is 22.7 Å². The van der Waals surface area contributed by atoms with Crippen LogP contribution in [0.3, 0.4) is 0 Å². The van der Waals surface area contributed by atoms with E-state index < -0.39 is 0 Å². The quantitative estimate of drug-likeness (QED) is 0.903. The van der Waals surface area contributed by atoms with E-state index in [2.05, 4.69) is 40.1 Å². The largest absolute Gasteiger partial charge is 0.338 e. The highest BCUT2D eigenvalue weighted by molar-refractivity contribution is 7.11. The second-order valence-corrected chi connectivity index (χ2v) is 5.68. The molecule has 0 unspecified atom stereocenters. The molecule has 0 aliphatic heterocycles. The lowest BCUT2D eigenvalue weighted by molar-refractivity contribution is 0.252. The Bertz CT molecular complexity index is 612. The molecule has 1 aromatic carbocycles. The Balaban J connectivity index is 1.80.